The van der Waals surface area contributed by atoms with E-state index in [1.807, 2.05) is 0 Å². The fraction of sp³-hybridized carbons (Fsp3) is 0.300. The van der Waals surface area contributed by atoms with Gasteiger partial charge < -0.3 is 25.4 Å². The summed E-state index contributed by atoms with van der Waals surface area (Å²) in [5.74, 6) is 0.381. The van der Waals surface area contributed by atoms with Crippen molar-refractivity contribution < 1.29 is 24.3 Å². The molecule has 25 heavy (non-hydrogen) atoms. The molecular formula is C20H26N3ORh. The Kier molecular flexibility index (Phi) is 12.6. The second kappa shape index (κ2) is 13.5. The van der Waals surface area contributed by atoms with Crippen LogP contribution < -0.4 is 0 Å². The van der Waals surface area contributed by atoms with Crippen LogP contribution >= 0.6 is 0 Å². The Morgan fingerprint density at radius 2 is 2.20 bits per heavy atom. The summed E-state index contributed by atoms with van der Waals surface area (Å²) in [5.41, 5.74) is 0.540. The average Bonchev–Trinajstić information content (AvgIpc) is 3.27. The molecule has 1 N–H and O–H groups in total. The topological polar surface area (TPSA) is 50.7 Å². The molecule has 1 atom stereocenters. The first-order valence-corrected chi connectivity index (χ1v) is 8.00. The molecule has 2 aromatic heterocycles. The van der Waals surface area contributed by atoms with E-state index in [4.69, 9.17) is 0 Å². The SMILES string of the molecule is O=C(c1ccc[nH]1)n1cccn1.[CH2-][C@H]1C=CCC[C-]=CCCC1.[CH3-].[Rh+3]. The van der Waals surface area contributed by atoms with E-state index >= 15 is 0 Å². The zero-order valence-electron chi connectivity index (χ0n) is 14.7. The van der Waals surface area contributed by atoms with Gasteiger partial charge in [-0.2, -0.15) is 17.4 Å². The van der Waals surface area contributed by atoms with E-state index in [0.717, 1.165) is 12.8 Å². The molecule has 2 aromatic rings. The molecule has 0 fully saturated rings. The van der Waals surface area contributed by atoms with Gasteiger partial charge in [0.05, 0.1) is 0 Å². The van der Waals surface area contributed by atoms with Gasteiger partial charge >= 0.3 is 19.5 Å². The Hall–Kier alpha value is -1.74. The molecular weight excluding hydrogens is 401 g/mol. The monoisotopic (exact) mass is 427 g/mol. The van der Waals surface area contributed by atoms with Gasteiger partial charge in [-0.05, 0) is 18.2 Å². The van der Waals surface area contributed by atoms with Crippen molar-refractivity contribution in [2.75, 3.05) is 0 Å². The van der Waals surface area contributed by atoms with Crippen LogP contribution in [0.25, 0.3) is 0 Å². The summed E-state index contributed by atoms with van der Waals surface area (Å²) in [6.07, 6.45) is 20.6. The summed E-state index contributed by atoms with van der Waals surface area (Å²) >= 11 is 0. The van der Waals surface area contributed by atoms with Crippen molar-refractivity contribution >= 4 is 5.91 Å². The van der Waals surface area contributed by atoms with Gasteiger partial charge in [0.2, 0.25) is 0 Å². The molecule has 0 spiro atoms. The van der Waals surface area contributed by atoms with Crippen LogP contribution in [0.15, 0.2) is 55.0 Å². The minimum atomic E-state index is -0.148. The number of hydrogen-bond acceptors (Lipinski definition) is 2. The Balaban J connectivity index is 0.000000429. The number of H-pyrrole nitrogens is 1. The summed E-state index contributed by atoms with van der Waals surface area (Å²) in [7, 11) is 0. The van der Waals surface area contributed by atoms with Crippen LogP contribution in [0.2, 0.25) is 0 Å². The van der Waals surface area contributed by atoms with E-state index in [1.54, 1.807) is 36.8 Å². The molecule has 1 aliphatic carbocycles. The van der Waals surface area contributed by atoms with Gasteiger partial charge in [0, 0.05) is 18.6 Å². The van der Waals surface area contributed by atoms with Gasteiger partial charge in [0.15, 0.2) is 0 Å². The molecule has 0 aromatic carbocycles. The summed E-state index contributed by atoms with van der Waals surface area (Å²) < 4.78 is 1.28. The largest absolute Gasteiger partial charge is 3.00 e. The number of nitrogens with zero attached hydrogens (tertiary/aromatic N) is 2. The van der Waals surface area contributed by atoms with Gasteiger partial charge in [0.25, 0.3) is 5.91 Å². The van der Waals surface area contributed by atoms with Crippen molar-refractivity contribution in [2.24, 2.45) is 5.92 Å². The van der Waals surface area contributed by atoms with Gasteiger partial charge in [0.1, 0.15) is 5.69 Å². The number of allylic oxidation sites excluding steroid dienone is 4. The number of hydrogen-bond donors (Lipinski definition) is 1. The molecule has 0 unspecified atom stereocenters. The quantitative estimate of drug-likeness (QED) is 0.409. The third-order valence-electron chi connectivity index (χ3n) is 3.47. The zero-order valence-corrected chi connectivity index (χ0v) is 16.3. The number of rotatable bonds is 1. The first-order chi connectivity index (χ1) is 11.3. The van der Waals surface area contributed by atoms with Crippen LogP contribution in [0.3, 0.4) is 0 Å². The molecule has 0 saturated carbocycles. The Bertz CT molecular complexity index is 579. The van der Waals surface area contributed by atoms with Gasteiger partial charge in [-0.25, -0.2) is 4.68 Å². The molecule has 136 valence electrons. The molecule has 4 nitrogen and oxygen atoms in total. The van der Waals surface area contributed by atoms with Crippen molar-refractivity contribution in [2.45, 2.75) is 32.1 Å². The predicted molar refractivity (Wildman–Crippen MR) is 98.0 cm³/mol. The Morgan fingerprint density at radius 3 is 2.88 bits per heavy atom. The van der Waals surface area contributed by atoms with Crippen LogP contribution in [0, 0.1) is 26.3 Å². The van der Waals surface area contributed by atoms with Crippen molar-refractivity contribution in [3.63, 3.8) is 0 Å². The number of aromatic nitrogens is 3. The maximum absolute atomic E-state index is 11.4. The van der Waals surface area contributed by atoms with E-state index in [1.165, 1.54) is 23.9 Å². The van der Waals surface area contributed by atoms with Crippen molar-refractivity contribution in [3.05, 3.63) is 81.1 Å². The second-order valence-corrected chi connectivity index (χ2v) is 5.41. The first kappa shape index (κ1) is 23.3. The fourth-order valence-corrected chi connectivity index (χ4v) is 2.21. The molecule has 2 heterocycles. The van der Waals surface area contributed by atoms with Crippen molar-refractivity contribution in [1.82, 2.24) is 14.8 Å². The van der Waals surface area contributed by atoms with Gasteiger partial charge in [-0.3, -0.25) is 10.9 Å². The van der Waals surface area contributed by atoms with Crippen molar-refractivity contribution in [3.8, 4) is 0 Å². The minimum absolute atomic E-state index is 0. The van der Waals surface area contributed by atoms with Crippen LogP contribution in [0.4, 0.5) is 0 Å². The van der Waals surface area contributed by atoms with Crippen LogP contribution in [-0.2, 0) is 19.5 Å². The normalized spacial score (nSPS) is 16.6. The van der Waals surface area contributed by atoms with Gasteiger partial charge in [-0.1, -0.05) is 31.8 Å². The van der Waals surface area contributed by atoms with E-state index in [9.17, 15) is 4.79 Å². The molecule has 0 radical (unpaired) electrons. The molecule has 1 aliphatic rings. The molecule has 0 aliphatic heterocycles. The number of nitrogens with one attached hydrogen (secondary N) is 1. The summed E-state index contributed by atoms with van der Waals surface area (Å²) in [6, 6.07) is 5.20. The maximum atomic E-state index is 11.4. The van der Waals surface area contributed by atoms with E-state index < -0.39 is 0 Å². The molecule has 3 rings (SSSR count). The second-order valence-electron chi connectivity index (χ2n) is 5.41. The Morgan fingerprint density at radius 1 is 1.36 bits per heavy atom. The predicted octanol–water partition coefficient (Wildman–Crippen LogP) is 4.66. The third kappa shape index (κ3) is 8.78. The number of aromatic amines is 1. The minimum Gasteiger partial charge on any atom is -0.500 e. The Labute approximate surface area is 164 Å². The van der Waals surface area contributed by atoms with Crippen LogP contribution in [0.1, 0.15) is 42.6 Å². The summed E-state index contributed by atoms with van der Waals surface area (Å²) in [6.45, 7) is 4.05. The van der Waals surface area contributed by atoms with Gasteiger partial charge in [-0.15, -0.1) is 6.08 Å². The molecule has 0 saturated heterocycles. The zero-order chi connectivity index (χ0) is 16.3. The average molecular weight is 427 g/mol. The van der Waals surface area contributed by atoms with E-state index in [0.29, 0.717) is 11.6 Å². The van der Waals surface area contributed by atoms with Crippen molar-refractivity contribution in [1.29, 1.82) is 0 Å². The maximum Gasteiger partial charge on any atom is 3.00 e. The molecule has 0 bridgehead atoms. The summed E-state index contributed by atoms with van der Waals surface area (Å²) in [4.78, 5) is 14.3. The number of carbonyl (C=O) groups excluding carboxylic acids is 1. The van der Waals surface area contributed by atoms with E-state index in [-0.39, 0.29) is 32.8 Å². The summed E-state index contributed by atoms with van der Waals surface area (Å²) in [5, 5.41) is 3.82. The van der Waals surface area contributed by atoms with E-state index in [2.05, 4.69) is 41.3 Å². The first-order valence-electron chi connectivity index (χ1n) is 8.00. The molecule has 0 amide bonds. The fourth-order valence-electron chi connectivity index (χ4n) is 2.21. The van der Waals surface area contributed by atoms with Crippen LogP contribution in [0.5, 0.6) is 0 Å². The molecule has 5 heteroatoms. The smallest absolute Gasteiger partial charge is 0.500 e. The van der Waals surface area contributed by atoms with Crippen LogP contribution in [-0.4, -0.2) is 20.7 Å². The third-order valence-corrected chi connectivity index (χ3v) is 3.47. The standard InChI is InChI=1S/C11H16.C8H7N3O.CH3.Rh/c1-11-9-7-5-3-2-4-6-8-10-11;12-8(7-3-1-4-9-7)11-6-2-5-10-11;;/h3,8,10-11H,1,4-7,9H2;1-6,9H;1H3;/q-2;;-1;+3/t11-;;;/m1.../s1. The number of carbonyl (C=O) groups is 1.